The molecule has 4 rings (SSSR count). The first-order valence-corrected chi connectivity index (χ1v) is 12.4. The van der Waals surface area contributed by atoms with Crippen LogP contribution in [0.15, 0.2) is 24.3 Å². The van der Waals surface area contributed by atoms with E-state index in [1.165, 1.54) is 0 Å². The van der Waals surface area contributed by atoms with Crippen LogP contribution in [0.4, 0.5) is 10.5 Å². The lowest BCUT2D eigenvalue weighted by atomic mass is 9.98. The van der Waals surface area contributed by atoms with Gasteiger partial charge in [-0.1, -0.05) is 41.5 Å². The minimum absolute atomic E-state index is 0.151. The molecule has 3 heterocycles. The number of anilines is 1. The molecule has 8 heteroatoms. The summed E-state index contributed by atoms with van der Waals surface area (Å²) in [6.07, 6.45) is -1.33. The lowest BCUT2D eigenvalue weighted by molar-refractivity contribution is -0.171. The van der Waals surface area contributed by atoms with Crippen molar-refractivity contribution in [2.45, 2.75) is 76.0 Å². The molecule has 0 aromatic heterocycles. The first-order chi connectivity index (χ1) is 14.0. The van der Waals surface area contributed by atoms with Crippen LogP contribution in [0.2, 0.25) is 10.1 Å². The summed E-state index contributed by atoms with van der Waals surface area (Å²) < 4.78 is 30.6. The SMILES string of the molecule is COc1ccc(N2C(=O)O[C@H]3[C@H]4O[Si](C(C)(C)C)(C(C)(C)C)OC[C@H]4OC[C@H]32)cc1. The molecule has 0 unspecified atom stereocenters. The Morgan fingerprint density at radius 3 is 2.20 bits per heavy atom. The van der Waals surface area contributed by atoms with E-state index in [4.69, 9.17) is 23.1 Å². The van der Waals surface area contributed by atoms with Crippen LogP contribution in [0, 0.1) is 0 Å². The molecule has 1 aromatic carbocycles. The first kappa shape index (κ1) is 21.6. The van der Waals surface area contributed by atoms with Crippen LogP contribution in [0.5, 0.6) is 5.75 Å². The number of hydrogen-bond donors (Lipinski definition) is 0. The number of fused-ring (bicyclic) bond motifs is 3. The fourth-order valence-corrected chi connectivity index (χ4v) is 10.1. The van der Waals surface area contributed by atoms with Gasteiger partial charge in [0.05, 0.1) is 20.3 Å². The largest absolute Gasteiger partial charge is 0.497 e. The van der Waals surface area contributed by atoms with Gasteiger partial charge in [-0.15, -0.1) is 0 Å². The van der Waals surface area contributed by atoms with Gasteiger partial charge in [-0.05, 0) is 24.3 Å². The number of rotatable bonds is 2. The number of nitrogens with zero attached hydrogens (tertiary/aromatic N) is 1. The van der Waals surface area contributed by atoms with E-state index in [1.54, 1.807) is 12.0 Å². The molecule has 0 bridgehead atoms. The summed E-state index contributed by atoms with van der Waals surface area (Å²) in [6.45, 7) is 13.9. The van der Waals surface area contributed by atoms with E-state index in [0.29, 0.717) is 13.2 Å². The maximum absolute atomic E-state index is 12.9. The molecule has 30 heavy (non-hydrogen) atoms. The number of hydrogen-bond acceptors (Lipinski definition) is 6. The maximum Gasteiger partial charge on any atom is 0.415 e. The highest BCUT2D eigenvalue weighted by molar-refractivity contribution is 6.73. The Hall–Kier alpha value is -1.61. The molecule has 3 aliphatic rings. The Morgan fingerprint density at radius 2 is 1.63 bits per heavy atom. The quantitative estimate of drug-likeness (QED) is 0.647. The predicted molar refractivity (Wildman–Crippen MR) is 115 cm³/mol. The van der Waals surface area contributed by atoms with Gasteiger partial charge in [0.2, 0.25) is 0 Å². The molecule has 7 nitrogen and oxygen atoms in total. The standard InChI is InChI=1S/C22H33NO6Si/c1-21(2,3)30(22(4,5)6)27-13-17-19(29-30)18-16(12-26-17)23(20(24)28-18)14-8-10-15(25-7)11-9-14/h8-11,16-19H,12-13H2,1-7H3/t16-,17-,18-,19+/m1/s1. The molecule has 3 aliphatic heterocycles. The number of amides is 1. The highest BCUT2D eigenvalue weighted by atomic mass is 28.4. The monoisotopic (exact) mass is 435 g/mol. The molecule has 0 N–H and O–H groups in total. The number of carbonyl (C=O) groups is 1. The maximum atomic E-state index is 12.9. The van der Waals surface area contributed by atoms with Crippen molar-refractivity contribution in [2.24, 2.45) is 0 Å². The fraction of sp³-hybridized carbons (Fsp3) is 0.682. The van der Waals surface area contributed by atoms with Crippen LogP contribution >= 0.6 is 0 Å². The summed E-state index contributed by atoms with van der Waals surface area (Å²) in [6, 6.07) is 7.16. The second kappa shape index (κ2) is 7.22. The van der Waals surface area contributed by atoms with Crippen molar-refractivity contribution in [3.63, 3.8) is 0 Å². The van der Waals surface area contributed by atoms with E-state index < -0.39 is 8.56 Å². The zero-order valence-corrected chi connectivity index (χ0v) is 19.9. The fourth-order valence-electron chi connectivity index (χ4n) is 5.18. The normalized spacial score (nSPS) is 31.0. The van der Waals surface area contributed by atoms with Gasteiger partial charge in [0.25, 0.3) is 0 Å². The third kappa shape index (κ3) is 3.25. The molecule has 0 spiro atoms. The van der Waals surface area contributed by atoms with Gasteiger partial charge in [-0.2, -0.15) is 0 Å². The Balaban J connectivity index is 1.64. The van der Waals surface area contributed by atoms with Gasteiger partial charge < -0.3 is 23.1 Å². The molecular formula is C22H33NO6Si. The van der Waals surface area contributed by atoms with E-state index in [1.807, 2.05) is 24.3 Å². The van der Waals surface area contributed by atoms with Crippen LogP contribution in [0.1, 0.15) is 41.5 Å². The van der Waals surface area contributed by atoms with Gasteiger partial charge in [-0.3, -0.25) is 4.90 Å². The second-order valence-electron chi connectivity index (χ2n) is 10.4. The topological polar surface area (TPSA) is 66.5 Å². The van der Waals surface area contributed by atoms with Crippen LogP contribution in [0.3, 0.4) is 0 Å². The molecule has 1 aromatic rings. The molecule has 4 atom stereocenters. The minimum Gasteiger partial charge on any atom is -0.497 e. The van der Waals surface area contributed by atoms with Gasteiger partial charge in [-0.25, -0.2) is 4.79 Å². The van der Waals surface area contributed by atoms with Crippen molar-refractivity contribution in [1.29, 1.82) is 0 Å². The molecule has 3 saturated heterocycles. The second-order valence-corrected chi connectivity index (χ2v) is 15.1. The third-order valence-electron chi connectivity index (χ3n) is 6.39. The lowest BCUT2D eigenvalue weighted by Crippen LogP contribution is -2.70. The Morgan fingerprint density at radius 1 is 1.00 bits per heavy atom. The van der Waals surface area contributed by atoms with Crippen LogP contribution in [-0.4, -0.2) is 59.3 Å². The summed E-state index contributed by atoms with van der Waals surface area (Å²) in [7, 11) is -1.08. The Bertz CT molecular complexity index is 785. The zero-order valence-electron chi connectivity index (χ0n) is 18.9. The number of methoxy groups -OCH3 is 1. The smallest absolute Gasteiger partial charge is 0.415 e. The first-order valence-electron chi connectivity index (χ1n) is 10.6. The van der Waals surface area contributed by atoms with Crippen molar-refractivity contribution in [3.8, 4) is 5.75 Å². The van der Waals surface area contributed by atoms with Crippen molar-refractivity contribution in [2.75, 3.05) is 25.2 Å². The van der Waals surface area contributed by atoms with Crippen LogP contribution in [0.25, 0.3) is 0 Å². The van der Waals surface area contributed by atoms with Gasteiger partial charge >= 0.3 is 14.7 Å². The van der Waals surface area contributed by atoms with Gasteiger partial charge in [0.1, 0.15) is 24.0 Å². The average molecular weight is 436 g/mol. The van der Waals surface area contributed by atoms with E-state index in [-0.39, 0.29) is 40.5 Å². The van der Waals surface area contributed by atoms with Crippen LogP contribution < -0.4 is 9.64 Å². The molecule has 0 radical (unpaired) electrons. The molecule has 1 amide bonds. The van der Waals surface area contributed by atoms with Crippen molar-refractivity contribution >= 4 is 20.3 Å². The molecule has 0 saturated carbocycles. The average Bonchev–Trinajstić information content (AvgIpc) is 3.02. The van der Waals surface area contributed by atoms with E-state index >= 15 is 0 Å². The summed E-state index contributed by atoms with van der Waals surface area (Å²) in [5.74, 6) is 0.738. The highest BCUT2D eigenvalue weighted by Gasteiger charge is 2.65. The molecule has 0 aliphatic carbocycles. The number of ether oxygens (including phenoxy) is 3. The van der Waals surface area contributed by atoms with E-state index in [0.717, 1.165) is 11.4 Å². The van der Waals surface area contributed by atoms with Crippen molar-refractivity contribution in [3.05, 3.63) is 24.3 Å². The highest BCUT2D eigenvalue weighted by Crippen LogP contribution is 2.55. The number of benzene rings is 1. The van der Waals surface area contributed by atoms with E-state index in [9.17, 15) is 4.79 Å². The molecule has 3 fully saturated rings. The summed E-state index contributed by atoms with van der Waals surface area (Å²) in [5.41, 5.74) is 0.762. The van der Waals surface area contributed by atoms with E-state index in [2.05, 4.69) is 41.5 Å². The Labute approximate surface area is 179 Å². The summed E-state index contributed by atoms with van der Waals surface area (Å²) >= 11 is 0. The number of carbonyl (C=O) groups excluding carboxylic acids is 1. The predicted octanol–water partition coefficient (Wildman–Crippen LogP) is 4.25. The van der Waals surface area contributed by atoms with Gasteiger partial charge in [0, 0.05) is 15.8 Å². The van der Waals surface area contributed by atoms with Crippen molar-refractivity contribution in [1.82, 2.24) is 0 Å². The molecular weight excluding hydrogens is 402 g/mol. The minimum atomic E-state index is -2.70. The lowest BCUT2D eigenvalue weighted by Gasteiger charge is -2.56. The Kier molecular flexibility index (Phi) is 5.20. The van der Waals surface area contributed by atoms with Crippen LogP contribution in [-0.2, 0) is 18.3 Å². The zero-order chi connectivity index (χ0) is 21.9. The summed E-state index contributed by atoms with van der Waals surface area (Å²) in [4.78, 5) is 14.5. The summed E-state index contributed by atoms with van der Waals surface area (Å²) in [5, 5.41) is -0.303. The van der Waals surface area contributed by atoms with Gasteiger partial charge in [0.15, 0.2) is 6.10 Å². The molecule has 166 valence electrons. The van der Waals surface area contributed by atoms with Crippen molar-refractivity contribution < 1.29 is 27.9 Å². The third-order valence-corrected chi connectivity index (χ3v) is 11.5.